The van der Waals surface area contributed by atoms with Gasteiger partial charge in [-0.05, 0) is 36.5 Å². The fraction of sp³-hybridized carbons (Fsp3) is 0.391. The summed E-state index contributed by atoms with van der Waals surface area (Å²) in [5.41, 5.74) is 5.48. The number of hydrogen-bond donors (Lipinski definition) is 1. The summed E-state index contributed by atoms with van der Waals surface area (Å²) in [5.74, 6) is -0.0765. The predicted molar refractivity (Wildman–Crippen MR) is 111 cm³/mol. The first-order valence-electron chi connectivity index (χ1n) is 9.66. The van der Waals surface area contributed by atoms with E-state index in [4.69, 9.17) is 0 Å². The van der Waals surface area contributed by atoms with E-state index in [1.807, 2.05) is 49.4 Å². The lowest BCUT2D eigenvalue weighted by Crippen LogP contribution is -2.31. The average molecular weight is 367 g/mol. The van der Waals surface area contributed by atoms with E-state index in [0.29, 0.717) is 13.1 Å². The number of nitrogens with zero attached hydrogens (tertiary/aromatic N) is 1. The number of amides is 2. The highest BCUT2D eigenvalue weighted by molar-refractivity contribution is 5.92. The highest BCUT2D eigenvalue weighted by atomic mass is 16.2. The number of carbonyl (C=O) groups is 2. The fourth-order valence-corrected chi connectivity index (χ4v) is 3.10. The number of aryl methyl sites for hydroxylation is 3. The summed E-state index contributed by atoms with van der Waals surface area (Å²) < 4.78 is 0. The molecule has 27 heavy (non-hydrogen) atoms. The van der Waals surface area contributed by atoms with Crippen molar-refractivity contribution in [1.29, 1.82) is 0 Å². The van der Waals surface area contributed by atoms with Crippen molar-refractivity contribution in [2.45, 2.75) is 53.5 Å². The van der Waals surface area contributed by atoms with E-state index in [2.05, 4.69) is 19.2 Å². The molecule has 2 rings (SSSR count). The molecule has 0 saturated carbocycles. The molecule has 0 aliphatic rings. The Morgan fingerprint density at radius 1 is 0.963 bits per heavy atom. The second-order valence-electron chi connectivity index (χ2n) is 6.88. The molecule has 0 fully saturated rings. The molecule has 144 valence electrons. The standard InChI is InChI=1S/C23H30N2O2/c1-5-20-8-7-9-21(6-2)23(20)24-22(27)14-15-25(18(4)26)16-19-12-10-17(3)11-13-19/h7-13H,5-6,14-16H2,1-4H3,(H,24,27). The summed E-state index contributed by atoms with van der Waals surface area (Å²) in [5, 5.41) is 3.07. The third-order valence-corrected chi connectivity index (χ3v) is 4.81. The number of hydrogen-bond acceptors (Lipinski definition) is 2. The van der Waals surface area contributed by atoms with Crippen LogP contribution in [0, 0.1) is 6.92 Å². The van der Waals surface area contributed by atoms with Crippen molar-refractivity contribution in [2.24, 2.45) is 0 Å². The second-order valence-corrected chi connectivity index (χ2v) is 6.88. The minimum Gasteiger partial charge on any atom is -0.338 e. The molecule has 0 atom stereocenters. The molecule has 0 aromatic heterocycles. The first-order chi connectivity index (χ1) is 12.9. The third-order valence-electron chi connectivity index (χ3n) is 4.81. The van der Waals surface area contributed by atoms with E-state index in [-0.39, 0.29) is 18.2 Å². The van der Waals surface area contributed by atoms with Crippen molar-refractivity contribution in [3.8, 4) is 0 Å². The zero-order valence-corrected chi connectivity index (χ0v) is 16.8. The zero-order chi connectivity index (χ0) is 19.8. The van der Waals surface area contributed by atoms with Gasteiger partial charge in [0.15, 0.2) is 0 Å². The van der Waals surface area contributed by atoms with Crippen LogP contribution in [0.1, 0.15) is 49.4 Å². The Labute approximate surface area is 162 Å². The van der Waals surface area contributed by atoms with Gasteiger partial charge in [-0.15, -0.1) is 0 Å². The maximum absolute atomic E-state index is 12.5. The van der Waals surface area contributed by atoms with Gasteiger partial charge in [0, 0.05) is 32.1 Å². The highest BCUT2D eigenvalue weighted by Crippen LogP contribution is 2.22. The summed E-state index contributed by atoms with van der Waals surface area (Å²) in [4.78, 5) is 26.2. The van der Waals surface area contributed by atoms with Gasteiger partial charge >= 0.3 is 0 Å². The lowest BCUT2D eigenvalue weighted by atomic mass is 10.0. The number of nitrogens with one attached hydrogen (secondary N) is 1. The molecule has 2 aromatic carbocycles. The Bertz CT molecular complexity index is 759. The Balaban J connectivity index is 2.00. The van der Waals surface area contributed by atoms with Gasteiger partial charge in [0.1, 0.15) is 0 Å². The number of benzene rings is 2. The first-order valence-corrected chi connectivity index (χ1v) is 9.66. The van der Waals surface area contributed by atoms with Crippen molar-refractivity contribution in [3.05, 3.63) is 64.7 Å². The summed E-state index contributed by atoms with van der Waals surface area (Å²) >= 11 is 0. The third kappa shape index (κ3) is 5.95. The second kappa shape index (κ2) is 9.91. The SMILES string of the molecule is CCc1cccc(CC)c1NC(=O)CCN(Cc1ccc(C)cc1)C(C)=O. The van der Waals surface area contributed by atoms with E-state index in [0.717, 1.165) is 35.2 Å². The van der Waals surface area contributed by atoms with Crippen LogP contribution in [-0.2, 0) is 29.0 Å². The summed E-state index contributed by atoms with van der Waals surface area (Å²) in [6, 6.07) is 14.3. The Morgan fingerprint density at radius 2 is 1.56 bits per heavy atom. The van der Waals surface area contributed by atoms with E-state index >= 15 is 0 Å². The Kier molecular flexibility index (Phi) is 7.59. The number of carbonyl (C=O) groups excluding carboxylic acids is 2. The van der Waals surface area contributed by atoms with Crippen LogP contribution in [0.5, 0.6) is 0 Å². The summed E-state index contributed by atoms with van der Waals surface area (Å²) in [6.45, 7) is 8.69. The van der Waals surface area contributed by atoms with Crippen LogP contribution in [0.15, 0.2) is 42.5 Å². The monoisotopic (exact) mass is 366 g/mol. The Morgan fingerprint density at radius 3 is 2.07 bits per heavy atom. The lowest BCUT2D eigenvalue weighted by Gasteiger charge is -2.21. The van der Waals surface area contributed by atoms with Gasteiger partial charge < -0.3 is 10.2 Å². The zero-order valence-electron chi connectivity index (χ0n) is 16.8. The van der Waals surface area contributed by atoms with Gasteiger partial charge in [-0.25, -0.2) is 0 Å². The van der Waals surface area contributed by atoms with Crippen molar-refractivity contribution < 1.29 is 9.59 Å². The van der Waals surface area contributed by atoms with Crippen LogP contribution >= 0.6 is 0 Å². The number of para-hydroxylation sites is 1. The van der Waals surface area contributed by atoms with Gasteiger partial charge in [-0.2, -0.15) is 0 Å². The topological polar surface area (TPSA) is 49.4 Å². The van der Waals surface area contributed by atoms with E-state index in [9.17, 15) is 9.59 Å². The fourth-order valence-electron chi connectivity index (χ4n) is 3.10. The molecule has 1 N–H and O–H groups in total. The maximum Gasteiger partial charge on any atom is 0.226 e. The molecule has 0 aliphatic carbocycles. The summed E-state index contributed by atoms with van der Waals surface area (Å²) in [7, 11) is 0. The van der Waals surface area contributed by atoms with E-state index in [1.54, 1.807) is 11.8 Å². The molecule has 0 spiro atoms. The normalized spacial score (nSPS) is 10.5. The first kappa shape index (κ1) is 20.7. The smallest absolute Gasteiger partial charge is 0.226 e. The molecule has 0 radical (unpaired) electrons. The summed E-state index contributed by atoms with van der Waals surface area (Å²) in [6.07, 6.45) is 2.03. The molecule has 0 aliphatic heterocycles. The lowest BCUT2D eigenvalue weighted by molar-refractivity contribution is -0.129. The van der Waals surface area contributed by atoms with Gasteiger partial charge in [0.25, 0.3) is 0 Å². The molecule has 0 bridgehead atoms. The van der Waals surface area contributed by atoms with Crippen LogP contribution in [0.3, 0.4) is 0 Å². The molecule has 0 heterocycles. The van der Waals surface area contributed by atoms with E-state index < -0.39 is 0 Å². The van der Waals surface area contributed by atoms with Gasteiger partial charge in [0.05, 0.1) is 0 Å². The molecule has 2 amide bonds. The van der Waals surface area contributed by atoms with Crippen molar-refractivity contribution in [1.82, 2.24) is 4.90 Å². The maximum atomic E-state index is 12.5. The number of rotatable bonds is 8. The average Bonchev–Trinajstić information content (AvgIpc) is 2.66. The number of anilines is 1. The van der Waals surface area contributed by atoms with Gasteiger partial charge in [0.2, 0.25) is 11.8 Å². The molecule has 0 saturated heterocycles. The molecule has 2 aromatic rings. The van der Waals surface area contributed by atoms with Crippen molar-refractivity contribution in [2.75, 3.05) is 11.9 Å². The van der Waals surface area contributed by atoms with Crippen LogP contribution < -0.4 is 5.32 Å². The van der Waals surface area contributed by atoms with Crippen LogP contribution in [0.2, 0.25) is 0 Å². The van der Waals surface area contributed by atoms with Gasteiger partial charge in [-0.3, -0.25) is 9.59 Å². The predicted octanol–water partition coefficient (Wildman–Crippen LogP) is 4.50. The van der Waals surface area contributed by atoms with Crippen molar-refractivity contribution in [3.63, 3.8) is 0 Å². The molecular weight excluding hydrogens is 336 g/mol. The Hall–Kier alpha value is -2.62. The minimum atomic E-state index is -0.0549. The van der Waals surface area contributed by atoms with Crippen LogP contribution in [0.4, 0.5) is 5.69 Å². The van der Waals surface area contributed by atoms with Crippen LogP contribution in [-0.4, -0.2) is 23.3 Å². The van der Waals surface area contributed by atoms with E-state index in [1.165, 1.54) is 5.56 Å². The highest BCUT2D eigenvalue weighted by Gasteiger charge is 2.14. The van der Waals surface area contributed by atoms with Crippen molar-refractivity contribution >= 4 is 17.5 Å². The molecular formula is C23H30N2O2. The van der Waals surface area contributed by atoms with Gasteiger partial charge in [-0.1, -0.05) is 61.9 Å². The molecule has 0 unspecified atom stereocenters. The van der Waals surface area contributed by atoms with Crippen LogP contribution in [0.25, 0.3) is 0 Å². The minimum absolute atomic E-state index is 0.0217. The molecule has 4 heteroatoms. The quantitative estimate of drug-likeness (QED) is 0.748. The molecule has 4 nitrogen and oxygen atoms in total. The largest absolute Gasteiger partial charge is 0.338 e.